The van der Waals surface area contributed by atoms with Crippen molar-refractivity contribution >= 4 is 23.3 Å². The molecule has 2 atom stereocenters. The van der Waals surface area contributed by atoms with Gasteiger partial charge in [0.1, 0.15) is 5.60 Å². The highest BCUT2D eigenvalue weighted by atomic mass is 35.5. The van der Waals surface area contributed by atoms with Crippen LogP contribution in [-0.4, -0.2) is 42.8 Å². The largest absolute Gasteiger partial charge is 0.444 e. The van der Waals surface area contributed by atoms with Gasteiger partial charge in [0.25, 0.3) is 0 Å². The van der Waals surface area contributed by atoms with Crippen molar-refractivity contribution in [1.29, 1.82) is 0 Å². The second-order valence-electron chi connectivity index (χ2n) is 7.46. The van der Waals surface area contributed by atoms with Crippen LogP contribution < -0.4 is 5.32 Å². The fraction of sp³-hybridized carbons (Fsp3) is 0.526. The zero-order valence-corrected chi connectivity index (χ0v) is 15.9. The average molecular weight is 351 g/mol. The van der Waals surface area contributed by atoms with E-state index >= 15 is 0 Å². The van der Waals surface area contributed by atoms with Gasteiger partial charge in [-0.05, 0) is 71.0 Å². The number of alkyl carbamates (subject to hydrolysis) is 1. The van der Waals surface area contributed by atoms with E-state index in [4.69, 9.17) is 16.3 Å². The van der Waals surface area contributed by atoms with E-state index in [9.17, 15) is 4.79 Å². The van der Waals surface area contributed by atoms with Gasteiger partial charge in [0.2, 0.25) is 0 Å². The summed E-state index contributed by atoms with van der Waals surface area (Å²) < 4.78 is 5.39. The molecule has 0 aliphatic heterocycles. The lowest BCUT2D eigenvalue weighted by atomic mass is 9.86. The molecule has 0 aromatic heterocycles. The summed E-state index contributed by atoms with van der Waals surface area (Å²) in [6.45, 7) is 5.61. The van der Waals surface area contributed by atoms with Gasteiger partial charge in [-0.25, -0.2) is 4.79 Å². The standard InChI is InChI=1S/C19H27ClN2O2/c1-19(2,3)24-18(23)21-16-10-9-14(12-17(16)22(4)5)13-7-6-8-15(20)11-13/h6-9,11,16-17H,10,12H2,1-5H3,(H,21,23)/t16-,17-/m0/s1. The highest BCUT2D eigenvalue weighted by molar-refractivity contribution is 6.30. The quantitative estimate of drug-likeness (QED) is 0.881. The molecule has 0 spiro atoms. The van der Waals surface area contributed by atoms with Crippen LogP contribution in [-0.2, 0) is 4.74 Å². The summed E-state index contributed by atoms with van der Waals surface area (Å²) in [6.07, 6.45) is 3.45. The van der Waals surface area contributed by atoms with Crippen LogP contribution in [0.3, 0.4) is 0 Å². The topological polar surface area (TPSA) is 41.6 Å². The second-order valence-corrected chi connectivity index (χ2v) is 7.90. The lowest BCUT2D eigenvalue weighted by Gasteiger charge is -2.36. The monoisotopic (exact) mass is 350 g/mol. The molecule has 4 nitrogen and oxygen atoms in total. The molecular formula is C19H27ClN2O2. The number of benzene rings is 1. The Balaban J connectivity index is 2.12. The van der Waals surface area contributed by atoms with Gasteiger partial charge in [-0.15, -0.1) is 0 Å². The highest BCUT2D eigenvalue weighted by Gasteiger charge is 2.30. The predicted molar refractivity (Wildman–Crippen MR) is 99.3 cm³/mol. The third-order valence-corrected chi connectivity index (χ3v) is 4.31. The van der Waals surface area contributed by atoms with Gasteiger partial charge < -0.3 is 15.0 Å². The van der Waals surface area contributed by atoms with E-state index in [2.05, 4.69) is 22.4 Å². The third-order valence-electron chi connectivity index (χ3n) is 4.07. The number of hydrogen-bond acceptors (Lipinski definition) is 3. The summed E-state index contributed by atoms with van der Waals surface area (Å²) in [4.78, 5) is 14.3. The van der Waals surface area contributed by atoms with Crippen LogP contribution in [0.5, 0.6) is 0 Å². The van der Waals surface area contributed by atoms with Crippen LogP contribution in [0.2, 0.25) is 5.02 Å². The number of amides is 1. The Morgan fingerprint density at radius 1 is 1.33 bits per heavy atom. The molecule has 132 valence electrons. The van der Waals surface area contributed by atoms with E-state index in [0.29, 0.717) is 0 Å². The van der Waals surface area contributed by atoms with Gasteiger partial charge in [0.05, 0.1) is 6.04 Å². The maximum absolute atomic E-state index is 12.1. The first-order chi connectivity index (χ1) is 11.2. The smallest absolute Gasteiger partial charge is 0.407 e. The summed E-state index contributed by atoms with van der Waals surface area (Å²) in [6, 6.07) is 8.14. The van der Waals surface area contributed by atoms with Crippen molar-refractivity contribution in [3.05, 3.63) is 40.9 Å². The molecule has 0 fully saturated rings. The first kappa shape index (κ1) is 18.8. The molecule has 0 bridgehead atoms. The Morgan fingerprint density at radius 3 is 2.62 bits per heavy atom. The molecular weight excluding hydrogens is 324 g/mol. The number of ether oxygens (including phenoxy) is 1. The van der Waals surface area contributed by atoms with Crippen LogP contribution in [0, 0.1) is 0 Å². The van der Waals surface area contributed by atoms with Crippen molar-refractivity contribution in [2.24, 2.45) is 0 Å². The Morgan fingerprint density at radius 2 is 2.04 bits per heavy atom. The van der Waals surface area contributed by atoms with Crippen molar-refractivity contribution in [2.75, 3.05) is 14.1 Å². The Bertz CT molecular complexity index is 620. The second kappa shape index (κ2) is 7.58. The van der Waals surface area contributed by atoms with Gasteiger partial charge >= 0.3 is 6.09 Å². The molecule has 24 heavy (non-hydrogen) atoms. The molecule has 1 aliphatic rings. The lowest BCUT2D eigenvalue weighted by Crippen LogP contribution is -2.51. The highest BCUT2D eigenvalue weighted by Crippen LogP contribution is 2.30. The van der Waals surface area contributed by atoms with Gasteiger partial charge in [0.15, 0.2) is 0 Å². The van der Waals surface area contributed by atoms with Gasteiger partial charge in [-0.1, -0.05) is 29.8 Å². The molecule has 0 heterocycles. The number of nitrogens with one attached hydrogen (secondary N) is 1. The first-order valence-electron chi connectivity index (χ1n) is 8.26. The molecule has 0 saturated heterocycles. The Labute approximate surface area is 149 Å². The van der Waals surface area contributed by atoms with E-state index < -0.39 is 5.60 Å². The van der Waals surface area contributed by atoms with E-state index in [1.165, 1.54) is 5.57 Å². The molecule has 1 amide bonds. The fourth-order valence-electron chi connectivity index (χ4n) is 2.96. The normalized spacial score (nSPS) is 21.4. The molecule has 0 saturated carbocycles. The van der Waals surface area contributed by atoms with Crippen LogP contribution in [0.15, 0.2) is 30.3 Å². The zero-order valence-electron chi connectivity index (χ0n) is 15.1. The molecule has 1 aromatic rings. The number of carbonyl (C=O) groups excluding carboxylic acids is 1. The number of carbonyl (C=O) groups is 1. The minimum absolute atomic E-state index is 0.0257. The van der Waals surface area contributed by atoms with Crippen LogP contribution >= 0.6 is 11.6 Å². The number of rotatable bonds is 3. The molecule has 1 aromatic carbocycles. The van der Waals surface area contributed by atoms with Crippen LogP contribution in [0.1, 0.15) is 39.2 Å². The summed E-state index contributed by atoms with van der Waals surface area (Å²) in [5.41, 5.74) is 1.91. The van der Waals surface area contributed by atoms with E-state index in [-0.39, 0.29) is 18.2 Å². The van der Waals surface area contributed by atoms with E-state index in [1.54, 1.807) is 0 Å². The van der Waals surface area contributed by atoms with E-state index in [1.807, 2.05) is 53.1 Å². The number of likely N-dealkylation sites (N-methyl/N-ethyl adjacent to an activating group) is 1. The minimum atomic E-state index is -0.492. The van der Waals surface area contributed by atoms with Gasteiger partial charge in [-0.2, -0.15) is 0 Å². The van der Waals surface area contributed by atoms with Crippen molar-refractivity contribution in [3.8, 4) is 0 Å². The van der Waals surface area contributed by atoms with Gasteiger partial charge in [-0.3, -0.25) is 0 Å². The number of hydrogen-bond donors (Lipinski definition) is 1. The average Bonchev–Trinajstić information content (AvgIpc) is 2.45. The summed E-state index contributed by atoms with van der Waals surface area (Å²) in [7, 11) is 4.07. The van der Waals surface area contributed by atoms with Crippen molar-refractivity contribution < 1.29 is 9.53 Å². The maximum Gasteiger partial charge on any atom is 0.407 e. The Hall–Kier alpha value is -1.52. The molecule has 1 N–H and O–H groups in total. The molecule has 2 rings (SSSR count). The number of nitrogens with zero attached hydrogens (tertiary/aromatic N) is 1. The zero-order chi connectivity index (χ0) is 17.9. The summed E-state index contributed by atoms with van der Waals surface area (Å²) >= 11 is 6.11. The summed E-state index contributed by atoms with van der Waals surface area (Å²) in [5, 5.41) is 3.76. The van der Waals surface area contributed by atoms with Crippen molar-refractivity contribution in [2.45, 2.75) is 51.3 Å². The molecule has 0 radical (unpaired) electrons. The lowest BCUT2D eigenvalue weighted by molar-refractivity contribution is 0.0474. The number of halogens is 1. The van der Waals surface area contributed by atoms with Crippen molar-refractivity contribution in [1.82, 2.24) is 10.2 Å². The molecule has 5 heteroatoms. The van der Waals surface area contributed by atoms with E-state index in [0.717, 1.165) is 23.4 Å². The van der Waals surface area contributed by atoms with Gasteiger partial charge in [0, 0.05) is 11.1 Å². The first-order valence-corrected chi connectivity index (χ1v) is 8.64. The van der Waals surface area contributed by atoms with Crippen LogP contribution in [0.25, 0.3) is 5.57 Å². The predicted octanol–water partition coefficient (Wildman–Crippen LogP) is 4.34. The fourth-order valence-corrected chi connectivity index (χ4v) is 3.15. The SMILES string of the molecule is CN(C)[C@H]1CC(c2cccc(Cl)c2)=CC[C@@H]1NC(=O)OC(C)(C)C. The van der Waals surface area contributed by atoms with Crippen LogP contribution in [0.4, 0.5) is 4.79 Å². The Kier molecular flexibility index (Phi) is 5.94. The molecule has 1 aliphatic carbocycles. The maximum atomic E-state index is 12.1. The van der Waals surface area contributed by atoms with Crippen molar-refractivity contribution in [3.63, 3.8) is 0 Å². The minimum Gasteiger partial charge on any atom is -0.444 e. The summed E-state index contributed by atoms with van der Waals surface area (Å²) in [5.74, 6) is 0. The third kappa shape index (κ3) is 5.25. The molecule has 0 unspecified atom stereocenters.